The van der Waals surface area contributed by atoms with Gasteiger partial charge in [-0.25, -0.2) is 0 Å². The van der Waals surface area contributed by atoms with Crippen LogP contribution >= 0.6 is 0 Å². The lowest BCUT2D eigenvalue weighted by molar-refractivity contribution is 0.454. The van der Waals surface area contributed by atoms with Gasteiger partial charge in [-0.1, -0.05) is 13.0 Å². The molecule has 0 saturated heterocycles. The number of hydrogen-bond donors (Lipinski definition) is 2. The molecule has 2 aliphatic carbocycles. The zero-order valence-electron chi connectivity index (χ0n) is 12.6. The van der Waals surface area contributed by atoms with Crippen LogP contribution in [-0.2, 0) is 0 Å². The molecule has 0 spiro atoms. The maximum absolute atomic E-state index is 10.3. The molecule has 1 unspecified atom stereocenters. The maximum atomic E-state index is 10.3. The Kier molecular flexibility index (Phi) is 3.88. The molecule has 3 nitrogen and oxygen atoms in total. The van der Waals surface area contributed by atoms with Gasteiger partial charge in [-0.15, -0.1) is 0 Å². The van der Waals surface area contributed by atoms with Crippen LogP contribution in [0, 0.1) is 5.92 Å². The third kappa shape index (κ3) is 3.09. The summed E-state index contributed by atoms with van der Waals surface area (Å²) in [5, 5.41) is 13.7. The first-order valence-corrected chi connectivity index (χ1v) is 8.02. The maximum Gasteiger partial charge on any atom is 0.122 e. The van der Waals surface area contributed by atoms with Crippen LogP contribution in [0.1, 0.15) is 51.1 Å². The van der Waals surface area contributed by atoms with Crippen molar-refractivity contribution in [3.8, 4) is 5.75 Å². The summed E-state index contributed by atoms with van der Waals surface area (Å²) in [6.07, 6.45) is 5.38. The quantitative estimate of drug-likeness (QED) is 0.799. The van der Waals surface area contributed by atoms with Crippen LogP contribution < -0.4 is 10.2 Å². The molecule has 1 aromatic carbocycles. The molecule has 2 saturated carbocycles. The van der Waals surface area contributed by atoms with Crippen LogP contribution in [0.15, 0.2) is 18.2 Å². The Morgan fingerprint density at radius 2 is 2.05 bits per heavy atom. The van der Waals surface area contributed by atoms with Crippen LogP contribution in [0.5, 0.6) is 5.75 Å². The first kappa shape index (κ1) is 13.7. The molecular formula is C17H26N2O. The predicted molar refractivity (Wildman–Crippen MR) is 83.3 cm³/mol. The van der Waals surface area contributed by atoms with Gasteiger partial charge in [0, 0.05) is 35.9 Å². The van der Waals surface area contributed by atoms with E-state index < -0.39 is 0 Å². The topological polar surface area (TPSA) is 35.5 Å². The number of rotatable bonds is 7. The second kappa shape index (κ2) is 5.65. The van der Waals surface area contributed by atoms with Crippen molar-refractivity contribution in [3.63, 3.8) is 0 Å². The second-order valence-corrected chi connectivity index (χ2v) is 6.35. The van der Waals surface area contributed by atoms with Gasteiger partial charge in [-0.2, -0.15) is 0 Å². The average molecular weight is 274 g/mol. The van der Waals surface area contributed by atoms with Gasteiger partial charge in [-0.05, 0) is 51.1 Å². The van der Waals surface area contributed by atoms with E-state index in [0.717, 1.165) is 18.0 Å². The molecule has 3 heteroatoms. The zero-order valence-corrected chi connectivity index (χ0v) is 12.6. The highest BCUT2D eigenvalue weighted by molar-refractivity contribution is 5.55. The molecule has 1 atom stereocenters. The van der Waals surface area contributed by atoms with E-state index in [4.69, 9.17) is 0 Å². The molecule has 110 valence electrons. The number of nitrogens with one attached hydrogen (secondary N) is 1. The van der Waals surface area contributed by atoms with Gasteiger partial charge < -0.3 is 15.3 Å². The smallest absolute Gasteiger partial charge is 0.122 e. The second-order valence-electron chi connectivity index (χ2n) is 6.35. The van der Waals surface area contributed by atoms with Crippen molar-refractivity contribution in [2.75, 3.05) is 18.0 Å². The summed E-state index contributed by atoms with van der Waals surface area (Å²) in [5.74, 6) is 1.32. The van der Waals surface area contributed by atoms with Gasteiger partial charge in [0.05, 0.1) is 0 Å². The van der Waals surface area contributed by atoms with Crippen molar-refractivity contribution < 1.29 is 5.11 Å². The number of hydrogen-bond acceptors (Lipinski definition) is 3. The highest BCUT2D eigenvalue weighted by atomic mass is 16.3. The fourth-order valence-corrected chi connectivity index (χ4v) is 2.92. The van der Waals surface area contributed by atoms with Crippen molar-refractivity contribution in [3.05, 3.63) is 23.8 Å². The van der Waals surface area contributed by atoms with Gasteiger partial charge in [0.1, 0.15) is 5.75 Å². The molecule has 0 aromatic heterocycles. The van der Waals surface area contributed by atoms with Crippen molar-refractivity contribution in [2.24, 2.45) is 5.92 Å². The summed E-state index contributed by atoms with van der Waals surface area (Å²) < 4.78 is 0. The number of phenols is 1. The van der Waals surface area contributed by atoms with E-state index in [1.807, 2.05) is 6.07 Å². The largest absolute Gasteiger partial charge is 0.508 e. The fourth-order valence-electron chi connectivity index (χ4n) is 2.92. The molecule has 2 N–H and O–H groups in total. The minimum absolute atomic E-state index is 0.201. The number of anilines is 1. The van der Waals surface area contributed by atoms with E-state index in [1.54, 1.807) is 0 Å². The van der Waals surface area contributed by atoms with E-state index in [-0.39, 0.29) is 6.04 Å². The molecule has 1 aromatic rings. The van der Waals surface area contributed by atoms with Gasteiger partial charge in [-0.3, -0.25) is 0 Å². The first-order chi connectivity index (χ1) is 9.69. The van der Waals surface area contributed by atoms with Crippen LogP contribution in [-0.4, -0.2) is 24.2 Å². The Labute approximate surface area is 122 Å². The number of nitrogens with zero attached hydrogens (tertiary/aromatic N) is 1. The SMILES string of the molecule is CCNC(C)c1ccc(N(CC2CC2)C2CC2)cc1O. The lowest BCUT2D eigenvalue weighted by Gasteiger charge is -2.26. The van der Waals surface area contributed by atoms with Crippen LogP contribution in [0.4, 0.5) is 5.69 Å². The molecule has 0 heterocycles. The van der Waals surface area contributed by atoms with E-state index in [9.17, 15) is 5.11 Å². The van der Waals surface area contributed by atoms with E-state index >= 15 is 0 Å². The molecule has 0 bridgehead atoms. The highest BCUT2D eigenvalue weighted by Gasteiger charge is 2.34. The summed E-state index contributed by atoms with van der Waals surface area (Å²) in [6.45, 7) is 6.28. The number of aromatic hydroxyl groups is 1. The molecule has 0 amide bonds. The van der Waals surface area contributed by atoms with Crippen molar-refractivity contribution in [1.82, 2.24) is 5.32 Å². The summed E-state index contributed by atoms with van der Waals surface area (Å²) in [4.78, 5) is 2.51. The van der Waals surface area contributed by atoms with Crippen molar-refractivity contribution >= 4 is 5.69 Å². The molecule has 2 aliphatic rings. The van der Waals surface area contributed by atoms with Crippen LogP contribution in [0.25, 0.3) is 0 Å². The normalized spacial score (nSPS) is 19.9. The van der Waals surface area contributed by atoms with Crippen LogP contribution in [0.2, 0.25) is 0 Å². The van der Waals surface area contributed by atoms with Gasteiger partial charge in [0.25, 0.3) is 0 Å². The molecule has 0 radical (unpaired) electrons. The molecule has 0 aliphatic heterocycles. The summed E-state index contributed by atoms with van der Waals surface area (Å²) in [6, 6.07) is 7.15. The average Bonchev–Trinajstić information content (AvgIpc) is 3.28. The Hall–Kier alpha value is -1.22. The monoisotopic (exact) mass is 274 g/mol. The Morgan fingerprint density at radius 1 is 1.30 bits per heavy atom. The molecular weight excluding hydrogens is 248 g/mol. The number of benzene rings is 1. The third-order valence-corrected chi connectivity index (χ3v) is 4.46. The van der Waals surface area contributed by atoms with E-state index in [2.05, 4.69) is 36.2 Å². The van der Waals surface area contributed by atoms with Gasteiger partial charge >= 0.3 is 0 Å². The van der Waals surface area contributed by atoms with E-state index in [0.29, 0.717) is 11.8 Å². The highest BCUT2D eigenvalue weighted by Crippen LogP contribution is 2.39. The Balaban J connectivity index is 1.77. The predicted octanol–water partition coefficient (Wildman–Crippen LogP) is 3.44. The van der Waals surface area contributed by atoms with E-state index in [1.165, 1.54) is 37.9 Å². The standard InChI is InChI=1S/C17H26N2O/c1-3-18-12(2)16-9-8-15(10-17(16)20)19(14-6-7-14)11-13-4-5-13/h8-10,12-14,18,20H,3-7,11H2,1-2H3. The fraction of sp³-hybridized carbons (Fsp3) is 0.647. The molecule has 2 fully saturated rings. The van der Waals surface area contributed by atoms with Crippen LogP contribution in [0.3, 0.4) is 0 Å². The summed E-state index contributed by atoms with van der Waals surface area (Å²) in [5.41, 5.74) is 2.20. The lowest BCUT2D eigenvalue weighted by Crippen LogP contribution is -2.28. The Morgan fingerprint density at radius 3 is 2.60 bits per heavy atom. The molecule has 20 heavy (non-hydrogen) atoms. The lowest BCUT2D eigenvalue weighted by atomic mass is 10.1. The van der Waals surface area contributed by atoms with Gasteiger partial charge in [0.15, 0.2) is 0 Å². The van der Waals surface area contributed by atoms with Crippen molar-refractivity contribution in [1.29, 1.82) is 0 Å². The summed E-state index contributed by atoms with van der Waals surface area (Å²) >= 11 is 0. The number of phenolic OH excluding ortho intramolecular Hbond substituents is 1. The summed E-state index contributed by atoms with van der Waals surface area (Å²) in [7, 11) is 0. The molecule has 3 rings (SSSR count). The first-order valence-electron chi connectivity index (χ1n) is 8.02. The third-order valence-electron chi connectivity index (χ3n) is 4.46. The Bertz CT molecular complexity index is 466. The van der Waals surface area contributed by atoms with Crippen molar-refractivity contribution in [2.45, 2.75) is 51.6 Å². The van der Waals surface area contributed by atoms with Gasteiger partial charge in [0.2, 0.25) is 0 Å². The minimum Gasteiger partial charge on any atom is -0.508 e. The zero-order chi connectivity index (χ0) is 14.1. The minimum atomic E-state index is 0.201.